The van der Waals surface area contributed by atoms with Crippen LogP contribution in [0.2, 0.25) is 0 Å². The number of amides is 2. The first-order chi connectivity index (χ1) is 12.3. The summed E-state index contributed by atoms with van der Waals surface area (Å²) in [5, 5.41) is 10.3. The Morgan fingerprint density at radius 3 is 2.04 bits per heavy atom. The van der Waals surface area contributed by atoms with Gasteiger partial charge in [-0.05, 0) is 6.42 Å². The molecule has 1 aromatic heterocycles. The van der Waals surface area contributed by atoms with Crippen molar-refractivity contribution in [3.05, 3.63) is 11.8 Å². The number of nitrogens with zero attached hydrogens (tertiary/aromatic N) is 2. The molecule has 0 aliphatic rings. The van der Waals surface area contributed by atoms with Crippen molar-refractivity contribution in [3.8, 4) is 0 Å². The zero-order valence-corrected chi connectivity index (χ0v) is 17.7. The fourth-order valence-corrected chi connectivity index (χ4v) is 2.93. The first kappa shape index (κ1) is 22.5. The number of carbonyl (C=O) groups excluding carboxylic acids is 1. The highest BCUT2D eigenvalue weighted by molar-refractivity contribution is 5.88. The van der Waals surface area contributed by atoms with E-state index in [0.717, 1.165) is 24.5 Å². The average molecular weight is 365 g/mol. The summed E-state index contributed by atoms with van der Waals surface area (Å²) >= 11 is 0. The van der Waals surface area contributed by atoms with Gasteiger partial charge < -0.3 is 5.32 Å². The first-order valence-corrected chi connectivity index (χ1v) is 10.4. The number of rotatable bonds is 12. The topological polar surface area (TPSA) is 59.0 Å². The van der Waals surface area contributed by atoms with Crippen molar-refractivity contribution in [2.45, 2.75) is 97.3 Å². The third-order valence-corrected chi connectivity index (χ3v) is 4.71. The minimum atomic E-state index is -0.149. The molecule has 0 unspecified atom stereocenters. The minimum Gasteiger partial charge on any atom is -0.338 e. The number of anilines is 1. The molecule has 26 heavy (non-hydrogen) atoms. The number of unbranched alkanes of at least 4 members (excludes halogenated alkanes) is 9. The Morgan fingerprint density at radius 1 is 1.00 bits per heavy atom. The maximum atomic E-state index is 12.0. The van der Waals surface area contributed by atoms with Gasteiger partial charge in [-0.3, -0.25) is 10.00 Å². The molecule has 0 saturated carbocycles. The van der Waals surface area contributed by atoms with Crippen LogP contribution < -0.4 is 10.6 Å². The second-order valence-corrected chi connectivity index (χ2v) is 8.35. The Balaban J connectivity index is 2.08. The van der Waals surface area contributed by atoms with Crippen LogP contribution in [0.1, 0.15) is 97.6 Å². The van der Waals surface area contributed by atoms with E-state index in [9.17, 15) is 4.79 Å². The molecule has 0 aliphatic carbocycles. The van der Waals surface area contributed by atoms with Crippen LogP contribution in [0.4, 0.5) is 10.6 Å². The quantitative estimate of drug-likeness (QED) is 0.463. The Bertz CT molecular complexity index is 517. The van der Waals surface area contributed by atoms with Gasteiger partial charge in [-0.1, -0.05) is 85.5 Å². The molecule has 2 N–H and O–H groups in total. The van der Waals surface area contributed by atoms with Crippen molar-refractivity contribution in [1.82, 2.24) is 15.1 Å². The molecule has 0 atom stereocenters. The molecule has 0 radical (unpaired) electrons. The van der Waals surface area contributed by atoms with Crippen molar-refractivity contribution in [2.24, 2.45) is 7.05 Å². The van der Waals surface area contributed by atoms with Gasteiger partial charge in [0.05, 0.1) is 5.69 Å². The van der Waals surface area contributed by atoms with E-state index in [0.29, 0.717) is 0 Å². The highest BCUT2D eigenvalue weighted by Crippen LogP contribution is 2.23. The summed E-state index contributed by atoms with van der Waals surface area (Å²) in [5.74, 6) is 0.732. The van der Waals surface area contributed by atoms with Crippen LogP contribution >= 0.6 is 0 Å². The van der Waals surface area contributed by atoms with Gasteiger partial charge >= 0.3 is 6.03 Å². The fourth-order valence-electron chi connectivity index (χ4n) is 2.93. The van der Waals surface area contributed by atoms with Crippen LogP contribution in [-0.2, 0) is 12.5 Å². The molecule has 0 fully saturated rings. The second-order valence-electron chi connectivity index (χ2n) is 8.35. The summed E-state index contributed by atoms with van der Waals surface area (Å²) in [6, 6.07) is 1.80. The van der Waals surface area contributed by atoms with E-state index in [1.165, 1.54) is 57.8 Å². The van der Waals surface area contributed by atoms with Gasteiger partial charge in [-0.2, -0.15) is 5.10 Å². The number of nitrogens with one attached hydrogen (secondary N) is 2. The van der Waals surface area contributed by atoms with Gasteiger partial charge in [0, 0.05) is 25.1 Å². The molecular formula is C21H40N4O. The molecule has 0 aromatic carbocycles. The SMILES string of the molecule is CCCCCCCCCCCCNC(=O)Nc1cc(C(C)(C)C)nn1C. The maximum absolute atomic E-state index is 12.0. The van der Waals surface area contributed by atoms with E-state index >= 15 is 0 Å². The van der Waals surface area contributed by atoms with E-state index in [2.05, 4.69) is 43.4 Å². The Hall–Kier alpha value is -1.52. The lowest BCUT2D eigenvalue weighted by Crippen LogP contribution is -2.30. The highest BCUT2D eigenvalue weighted by Gasteiger charge is 2.19. The number of urea groups is 1. The van der Waals surface area contributed by atoms with Gasteiger partial charge in [-0.25, -0.2) is 4.79 Å². The summed E-state index contributed by atoms with van der Waals surface area (Å²) in [6.07, 6.45) is 13.0. The summed E-state index contributed by atoms with van der Waals surface area (Å²) < 4.78 is 1.72. The lowest BCUT2D eigenvalue weighted by molar-refractivity contribution is 0.251. The molecule has 150 valence electrons. The lowest BCUT2D eigenvalue weighted by Gasteiger charge is -2.13. The molecule has 1 aromatic rings. The van der Waals surface area contributed by atoms with Crippen LogP contribution in [0.5, 0.6) is 0 Å². The molecule has 0 aliphatic heterocycles. The second kappa shape index (κ2) is 12.0. The van der Waals surface area contributed by atoms with Gasteiger partial charge in [0.2, 0.25) is 0 Å². The zero-order valence-electron chi connectivity index (χ0n) is 17.7. The number of carbonyl (C=O) groups is 1. The molecule has 0 bridgehead atoms. The van der Waals surface area contributed by atoms with Crippen molar-refractivity contribution >= 4 is 11.8 Å². The normalized spacial score (nSPS) is 11.6. The average Bonchev–Trinajstić information content (AvgIpc) is 2.93. The predicted molar refractivity (Wildman–Crippen MR) is 111 cm³/mol. The van der Waals surface area contributed by atoms with Gasteiger partial charge in [0.15, 0.2) is 0 Å². The van der Waals surface area contributed by atoms with Crippen molar-refractivity contribution in [2.75, 3.05) is 11.9 Å². The third kappa shape index (κ3) is 9.25. The van der Waals surface area contributed by atoms with Gasteiger partial charge in [0.25, 0.3) is 0 Å². The monoisotopic (exact) mass is 364 g/mol. The van der Waals surface area contributed by atoms with Crippen LogP contribution in [0, 0.1) is 0 Å². The van der Waals surface area contributed by atoms with E-state index in [1.807, 2.05) is 13.1 Å². The van der Waals surface area contributed by atoms with E-state index < -0.39 is 0 Å². The number of aryl methyl sites for hydroxylation is 1. The molecule has 5 heteroatoms. The molecule has 2 amide bonds. The van der Waals surface area contributed by atoms with E-state index in [1.54, 1.807) is 4.68 Å². The third-order valence-electron chi connectivity index (χ3n) is 4.71. The summed E-state index contributed by atoms with van der Waals surface area (Å²) in [4.78, 5) is 12.0. The van der Waals surface area contributed by atoms with Crippen LogP contribution in [0.3, 0.4) is 0 Å². The molecule has 1 rings (SSSR count). The van der Waals surface area contributed by atoms with Gasteiger partial charge in [-0.15, -0.1) is 0 Å². The summed E-state index contributed by atoms with van der Waals surface area (Å²) in [5.41, 5.74) is 0.953. The van der Waals surface area contributed by atoms with Crippen LogP contribution in [-0.4, -0.2) is 22.4 Å². The van der Waals surface area contributed by atoms with Crippen LogP contribution in [0.25, 0.3) is 0 Å². The van der Waals surface area contributed by atoms with E-state index in [-0.39, 0.29) is 11.4 Å². The number of hydrogen-bond acceptors (Lipinski definition) is 2. The number of hydrogen-bond donors (Lipinski definition) is 2. The van der Waals surface area contributed by atoms with Crippen molar-refractivity contribution in [1.29, 1.82) is 0 Å². The summed E-state index contributed by atoms with van der Waals surface area (Å²) in [7, 11) is 1.85. The minimum absolute atomic E-state index is 0.0236. The molecule has 1 heterocycles. The maximum Gasteiger partial charge on any atom is 0.320 e. The van der Waals surface area contributed by atoms with Crippen molar-refractivity contribution in [3.63, 3.8) is 0 Å². The molecule has 0 spiro atoms. The molecular weight excluding hydrogens is 324 g/mol. The molecule has 5 nitrogen and oxygen atoms in total. The van der Waals surface area contributed by atoms with Crippen molar-refractivity contribution < 1.29 is 4.79 Å². The highest BCUT2D eigenvalue weighted by atomic mass is 16.2. The largest absolute Gasteiger partial charge is 0.338 e. The Labute approximate surface area is 160 Å². The summed E-state index contributed by atoms with van der Waals surface area (Å²) in [6.45, 7) is 9.33. The fraction of sp³-hybridized carbons (Fsp3) is 0.810. The van der Waals surface area contributed by atoms with Gasteiger partial charge in [0.1, 0.15) is 5.82 Å². The smallest absolute Gasteiger partial charge is 0.320 e. The zero-order chi connectivity index (χ0) is 19.4. The Morgan fingerprint density at radius 2 is 1.54 bits per heavy atom. The lowest BCUT2D eigenvalue weighted by atomic mass is 9.92. The first-order valence-electron chi connectivity index (χ1n) is 10.4. The Kier molecular flexibility index (Phi) is 10.4. The number of aromatic nitrogens is 2. The van der Waals surface area contributed by atoms with Crippen LogP contribution in [0.15, 0.2) is 6.07 Å². The molecule has 0 saturated heterocycles. The van der Waals surface area contributed by atoms with E-state index in [4.69, 9.17) is 0 Å². The standard InChI is InChI=1S/C21H40N4O/c1-6-7-8-9-10-11-12-13-14-15-16-22-20(26)23-19-17-18(21(2,3)4)24-25(19)5/h17H,6-16H2,1-5H3,(H2,22,23,26). The predicted octanol–water partition coefficient (Wildman–Crippen LogP) is 5.76.